The van der Waals surface area contributed by atoms with Crippen molar-refractivity contribution in [3.05, 3.63) is 42.1 Å². The Bertz CT molecular complexity index is 649. The quantitative estimate of drug-likeness (QED) is 0.850. The minimum Gasteiger partial charge on any atom is -0.342 e. The maximum Gasteiger partial charge on any atom is 0.219 e. The predicted octanol–water partition coefficient (Wildman–Crippen LogP) is 2.30. The van der Waals surface area contributed by atoms with Crippen molar-refractivity contribution in [3.63, 3.8) is 0 Å². The van der Waals surface area contributed by atoms with Gasteiger partial charge in [-0.3, -0.25) is 9.36 Å². The molecular formula is C16H20N4O. The molecule has 3 rings (SSSR count). The zero-order chi connectivity index (χ0) is 14.8. The Hall–Kier alpha value is -2.17. The van der Waals surface area contributed by atoms with E-state index < -0.39 is 0 Å². The first-order valence-corrected chi connectivity index (χ1v) is 7.38. The molecule has 3 heterocycles. The Labute approximate surface area is 124 Å². The number of aryl methyl sites for hydroxylation is 1. The highest BCUT2D eigenvalue weighted by molar-refractivity contribution is 5.73. The van der Waals surface area contributed by atoms with Crippen molar-refractivity contribution in [1.29, 1.82) is 0 Å². The summed E-state index contributed by atoms with van der Waals surface area (Å²) in [4.78, 5) is 22.5. The molecule has 1 saturated heterocycles. The van der Waals surface area contributed by atoms with Crippen LogP contribution in [-0.4, -0.2) is 38.4 Å². The third-order valence-electron chi connectivity index (χ3n) is 4.11. The first kappa shape index (κ1) is 13.8. The second-order valence-electron chi connectivity index (χ2n) is 5.57. The van der Waals surface area contributed by atoms with Gasteiger partial charge in [-0.15, -0.1) is 0 Å². The van der Waals surface area contributed by atoms with Crippen LogP contribution in [0.4, 0.5) is 0 Å². The molecule has 1 amide bonds. The third-order valence-corrected chi connectivity index (χ3v) is 4.11. The van der Waals surface area contributed by atoms with E-state index in [0.29, 0.717) is 5.92 Å². The topological polar surface area (TPSA) is 51.0 Å². The molecule has 1 atom stereocenters. The molecule has 5 heteroatoms. The van der Waals surface area contributed by atoms with Gasteiger partial charge in [-0.05, 0) is 31.9 Å². The summed E-state index contributed by atoms with van der Waals surface area (Å²) in [5.74, 6) is 2.30. The van der Waals surface area contributed by atoms with E-state index in [0.717, 1.165) is 43.3 Å². The van der Waals surface area contributed by atoms with Gasteiger partial charge < -0.3 is 4.90 Å². The lowest BCUT2D eigenvalue weighted by molar-refractivity contribution is -0.130. The number of carbonyl (C=O) groups excluding carboxylic acids is 1. The van der Waals surface area contributed by atoms with Gasteiger partial charge in [0.15, 0.2) is 0 Å². The van der Waals surface area contributed by atoms with Gasteiger partial charge in [-0.25, -0.2) is 9.97 Å². The van der Waals surface area contributed by atoms with E-state index in [4.69, 9.17) is 4.98 Å². The number of carbonyl (C=O) groups is 1. The van der Waals surface area contributed by atoms with Crippen LogP contribution in [0.2, 0.25) is 0 Å². The number of nitrogens with zero attached hydrogens (tertiary/aromatic N) is 4. The second-order valence-corrected chi connectivity index (χ2v) is 5.57. The highest BCUT2D eigenvalue weighted by Gasteiger charge is 2.24. The summed E-state index contributed by atoms with van der Waals surface area (Å²) in [5.41, 5.74) is 1.06. The van der Waals surface area contributed by atoms with Crippen molar-refractivity contribution in [2.24, 2.45) is 0 Å². The molecule has 2 aromatic heterocycles. The Morgan fingerprint density at radius 1 is 1.38 bits per heavy atom. The summed E-state index contributed by atoms with van der Waals surface area (Å²) >= 11 is 0. The summed E-state index contributed by atoms with van der Waals surface area (Å²) in [6.07, 6.45) is 5.83. The van der Waals surface area contributed by atoms with Gasteiger partial charge in [0.2, 0.25) is 5.91 Å². The second kappa shape index (κ2) is 5.68. The average molecular weight is 284 g/mol. The van der Waals surface area contributed by atoms with Crippen molar-refractivity contribution in [2.45, 2.75) is 32.6 Å². The summed E-state index contributed by atoms with van der Waals surface area (Å²) in [6.45, 7) is 5.24. The fraction of sp³-hybridized carbons (Fsp3) is 0.438. The zero-order valence-corrected chi connectivity index (χ0v) is 12.5. The molecular weight excluding hydrogens is 264 g/mol. The number of aromatic nitrogens is 3. The number of hydrogen-bond donors (Lipinski definition) is 0. The van der Waals surface area contributed by atoms with Crippen LogP contribution in [0.25, 0.3) is 5.82 Å². The predicted molar refractivity (Wildman–Crippen MR) is 80.3 cm³/mol. The summed E-state index contributed by atoms with van der Waals surface area (Å²) in [5, 5.41) is 0. The zero-order valence-electron chi connectivity index (χ0n) is 12.5. The standard InChI is InChI=1S/C16H20N4O/c1-12-17-8-10-20(12)16-7-3-6-15(18-16)14-5-4-9-19(11-14)13(2)21/h3,6-8,10,14H,4-5,9,11H2,1-2H3. The molecule has 0 N–H and O–H groups in total. The van der Waals surface area contributed by atoms with E-state index in [2.05, 4.69) is 11.1 Å². The molecule has 21 heavy (non-hydrogen) atoms. The number of likely N-dealkylation sites (tertiary alicyclic amines) is 1. The summed E-state index contributed by atoms with van der Waals surface area (Å²) < 4.78 is 1.98. The molecule has 110 valence electrons. The number of imidazole rings is 1. The molecule has 0 aromatic carbocycles. The van der Waals surface area contributed by atoms with Crippen molar-refractivity contribution in [2.75, 3.05) is 13.1 Å². The van der Waals surface area contributed by atoms with E-state index >= 15 is 0 Å². The Kier molecular flexibility index (Phi) is 3.73. The van der Waals surface area contributed by atoms with Gasteiger partial charge in [0.25, 0.3) is 0 Å². The van der Waals surface area contributed by atoms with Gasteiger partial charge in [0.1, 0.15) is 11.6 Å². The third kappa shape index (κ3) is 2.82. The van der Waals surface area contributed by atoms with E-state index in [-0.39, 0.29) is 5.91 Å². The van der Waals surface area contributed by atoms with Crippen LogP contribution in [-0.2, 0) is 4.79 Å². The highest BCUT2D eigenvalue weighted by Crippen LogP contribution is 2.26. The SMILES string of the molecule is CC(=O)N1CCCC(c2cccc(-n3ccnc3C)n2)C1. The van der Waals surface area contributed by atoms with Gasteiger partial charge >= 0.3 is 0 Å². The summed E-state index contributed by atoms with van der Waals surface area (Å²) in [6, 6.07) is 6.08. The molecule has 1 aliphatic heterocycles. The lowest BCUT2D eigenvalue weighted by Crippen LogP contribution is -2.37. The van der Waals surface area contributed by atoms with Gasteiger partial charge in [0, 0.05) is 44.0 Å². The molecule has 0 spiro atoms. The van der Waals surface area contributed by atoms with Crippen molar-refractivity contribution in [1.82, 2.24) is 19.4 Å². The average Bonchev–Trinajstić information content (AvgIpc) is 2.94. The van der Waals surface area contributed by atoms with Crippen LogP contribution < -0.4 is 0 Å². The van der Waals surface area contributed by atoms with Gasteiger partial charge in [0.05, 0.1) is 0 Å². The minimum absolute atomic E-state index is 0.154. The Balaban J connectivity index is 1.86. The molecule has 0 aliphatic carbocycles. The number of hydrogen-bond acceptors (Lipinski definition) is 3. The molecule has 0 saturated carbocycles. The van der Waals surface area contributed by atoms with Crippen LogP contribution in [0.15, 0.2) is 30.6 Å². The van der Waals surface area contributed by atoms with E-state index in [1.807, 2.05) is 34.7 Å². The first-order chi connectivity index (χ1) is 10.1. The molecule has 2 aromatic rings. The molecule has 1 aliphatic rings. The Morgan fingerprint density at radius 2 is 2.24 bits per heavy atom. The molecule has 0 radical (unpaired) electrons. The van der Waals surface area contributed by atoms with Crippen LogP contribution in [0.3, 0.4) is 0 Å². The molecule has 1 fully saturated rings. The van der Waals surface area contributed by atoms with Crippen LogP contribution in [0, 0.1) is 6.92 Å². The molecule has 5 nitrogen and oxygen atoms in total. The fourth-order valence-corrected chi connectivity index (χ4v) is 2.93. The van der Waals surface area contributed by atoms with Crippen LogP contribution >= 0.6 is 0 Å². The molecule has 1 unspecified atom stereocenters. The van der Waals surface area contributed by atoms with Gasteiger partial charge in [-0.1, -0.05) is 6.07 Å². The largest absolute Gasteiger partial charge is 0.342 e. The first-order valence-electron chi connectivity index (χ1n) is 7.38. The summed E-state index contributed by atoms with van der Waals surface area (Å²) in [7, 11) is 0. The Morgan fingerprint density at radius 3 is 2.95 bits per heavy atom. The van der Waals surface area contributed by atoms with E-state index in [1.54, 1.807) is 13.1 Å². The molecule has 0 bridgehead atoms. The number of amides is 1. The van der Waals surface area contributed by atoms with E-state index in [1.165, 1.54) is 0 Å². The lowest BCUT2D eigenvalue weighted by Gasteiger charge is -2.31. The van der Waals surface area contributed by atoms with Gasteiger partial charge in [-0.2, -0.15) is 0 Å². The van der Waals surface area contributed by atoms with Crippen molar-refractivity contribution >= 4 is 5.91 Å². The fourth-order valence-electron chi connectivity index (χ4n) is 2.93. The lowest BCUT2D eigenvalue weighted by atomic mass is 9.94. The minimum atomic E-state index is 0.154. The number of rotatable bonds is 2. The normalized spacial score (nSPS) is 18.8. The highest BCUT2D eigenvalue weighted by atomic mass is 16.2. The number of pyridine rings is 1. The van der Waals surface area contributed by atoms with Crippen LogP contribution in [0.5, 0.6) is 0 Å². The van der Waals surface area contributed by atoms with Crippen molar-refractivity contribution < 1.29 is 4.79 Å². The smallest absolute Gasteiger partial charge is 0.219 e. The van der Waals surface area contributed by atoms with Crippen LogP contribution in [0.1, 0.15) is 37.2 Å². The monoisotopic (exact) mass is 284 g/mol. The number of piperidine rings is 1. The van der Waals surface area contributed by atoms with E-state index in [9.17, 15) is 4.79 Å². The maximum atomic E-state index is 11.6. The van der Waals surface area contributed by atoms with Crippen molar-refractivity contribution in [3.8, 4) is 5.82 Å². The maximum absolute atomic E-state index is 11.6.